The van der Waals surface area contributed by atoms with Gasteiger partial charge in [-0.1, -0.05) is 215 Å². The SMILES string of the molecule is CC/C=C\C/C=C\C/C=C\C/C=C\CCC(=O)OC(COCCCCCCCCCCCCCC)COC(=O)CCCCCCCC/C=C\C/C=C\C/C=C\CCCCC. The summed E-state index contributed by atoms with van der Waals surface area (Å²) in [5, 5.41) is 0. The van der Waals surface area contributed by atoms with Crippen LogP contribution >= 0.6 is 0 Å². The zero-order valence-corrected chi connectivity index (χ0v) is 39.5. The van der Waals surface area contributed by atoms with Crippen LogP contribution in [-0.2, 0) is 23.8 Å². The number of ether oxygens (including phenoxy) is 3. The second-order valence-electron chi connectivity index (χ2n) is 16.3. The fourth-order valence-electron chi connectivity index (χ4n) is 6.71. The van der Waals surface area contributed by atoms with Gasteiger partial charge in [0.2, 0.25) is 0 Å². The Morgan fingerprint density at radius 1 is 0.383 bits per heavy atom. The van der Waals surface area contributed by atoms with Crippen LogP contribution in [0, 0.1) is 0 Å². The van der Waals surface area contributed by atoms with Gasteiger partial charge in [0.15, 0.2) is 6.10 Å². The van der Waals surface area contributed by atoms with Gasteiger partial charge >= 0.3 is 11.9 Å². The predicted molar refractivity (Wildman–Crippen MR) is 260 cm³/mol. The minimum Gasteiger partial charge on any atom is -0.462 e. The number of carbonyl (C=O) groups excluding carboxylic acids is 2. The second-order valence-corrected chi connectivity index (χ2v) is 16.3. The minimum absolute atomic E-state index is 0.0481. The van der Waals surface area contributed by atoms with Crippen LogP contribution in [0.15, 0.2) is 85.1 Å². The highest BCUT2D eigenvalue weighted by Crippen LogP contribution is 2.13. The van der Waals surface area contributed by atoms with E-state index < -0.39 is 6.10 Å². The van der Waals surface area contributed by atoms with Crippen molar-refractivity contribution in [2.75, 3.05) is 19.8 Å². The number of unbranched alkanes of at least 4 members (excludes halogenated alkanes) is 20. The first-order chi connectivity index (χ1) is 29.6. The van der Waals surface area contributed by atoms with Crippen molar-refractivity contribution < 1.29 is 23.8 Å². The van der Waals surface area contributed by atoms with E-state index in [1.165, 1.54) is 109 Å². The maximum Gasteiger partial charge on any atom is 0.306 e. The molecule has 0 N–H and O–H groups in total. The fourth-order valence-corrected chi connectivity index (χ4v) is 6.71. The second kappa shape index (κ2) is 50.4. The molecule has 0 saturated heterocycles. The third kappa shape index (κ3) is 47.8. The number of rotatable bonds is 45. The summed E-state index contributed by atoms with van der Waals surface area (Å²) in [4.78, 5) is 25.3. The molecule has 0 amide bonds. The molecule has 0 rings (SSSR count). The van der Waals surface area contributed by atoms with E-state index in [-0.39, 0.29) is 25.2 Å². The monoisotopic (exact) mass is 835 g/mol. The molecule has 60 heavy (non-hydrogen) atoms. The molecule has 0 saturated carbocycles. The molecule has 0 aromatic heterocycles. The van der Waals surface area contributed by atoms with Gasteiger partial charge in [0, 0.05) is 19.4 Å². The summed E-state index contributed by atoms with van der Waals surface area (Å²) >= 11 is 0. The van der Waals surface area contributed by atoms with Crippen LogP contribution in [0.5, 0.6) is 0 Å². The molecule has 0 aliphatic rings. The molecule has 0 aromatic carbocycles. The molecule has 5 heteroatoms. The first-order valence-electron chi connectivity index (χ1n) is 25.1. The van der Waals surface area contributed by atoms with Crippen molar-refractivity contribution in [3.63, 3.8) is 0 Å². The Morgan fingerprint density at radius 2 is 0.783 bits per heavy atom. The van der Waals surface area contributed by atoms with E-state index in [0.717, 1.165) is 77.0 Å². The van der Waals surface area contributed by atoms with Crippen LogP contribution in [0.25, 0.3) is 0 Å². The van der Waals surface area contributed by atoms with Gasteiger partial charge in [-0.2, -0.15) is 0 Å². The first-order valence-corrected chi connectivity index (χ1v) is 25.1. The van der Waals surface area contributed by atoms with E-state index in [9.17, 15) is 9.59 Å². The van der Waals surface area contributed by atoms with Gasteiger partial charge in [0.25, 0.3) is 0 Å². The Balaban J connectivity index is 4.34. The summed E-state index contributed by atoms with van der Waals surface area (Å²) in [6.45, 7) is 7.60. The molecule has 0 spiro atoms. The Morgan fingerprint density at radius 3 is 1.30 bits per heavy atom. The van der Waals surface area contributed by atoms with Crippen molar-refractivity contribution in [3.05, 3.63) is 85.1 Å². The molecular formula is C55H94O5. The van der Waals surface area contributed by atoms with Gasteiger partial charge in [0.05, 0.1) is 6.61 Å². The van der Waals surface area contributed by atoms with Gasteiger partial charge in [-0.15, -0.1) is 0 Å². The van der Waals surface area contributed by atoms with E-state index in [4.69, 9.17) is 14.2 Å². The number of allylic oxidation sites excluding steroid dienone is 14. The van der Waals surface area contributed by atoms with Crippen molar-refractivity contribution >= 4 is 11.9 Å². The van der Waals surface area contributed by atoms with Gasteiger partial charge in [-0.25, -0.2) is 0 Å². The summed E-state index contributed by atoms with van der Waals surface area (Å²) < 4.78 is 17.3. The average molecular weight is 835 g/mol. The lowest BCUT2D eigenvalue weighted by atomic mass is 10.1. The molecule has 0 heterocycles. The third-order valence-corrected chi connectivity index (χ3v) is 10.4. The highest BCUT2D eigenvalue weighted by Gasteiger charge is 2.17. The first kappa shape index (κ1) is 57.1. The van der Waals surface area contributed by atoms with Crippen molar-refractivity contribution in [3.8, 4) is 0 Å². The van der Waals surface area contributed by atoms with Crippen LogP contribution in [0.4, 0.5) is 0 Å². The summed E-state index contributed by atoms with van der Waals surface area (Å²) in [7, 11) is 0. The molecule has 0 radical (unpaired) electrons. The molecule has 0 aliphatic heterocycles. The lowest BCUT2D eigenvalue weighted by Crippen LogP contribution is -2.30. The van der Waals surface area contributed by atoms with Crippen LogP contribution in [0.3, 0.4) is 0 Å². The van der Waals surface area contributed by atoms with E-state index in [0.29, 0.717) is 25.9 Å². The topological polar surface area (TPSA) is 61.8 Å². The zero-order valence-electron chi connectivity index (χ0n) is 39.5. The third-order valence-electron chi connectivity index (χ3n) is 10.4. The van der Waals surface area contributed by atoms with Gasteiger partial charge in [0.1, 0.15) is 6.61 Å². The highest BCUT2D eigenvalue weighted by atomic mass is 16.6. The zero-order chi connectivity index (χ0) is 43.5. The smallest absolute Gasteiger partial charge is 0.306 e. The molecule has 344 valence electrons. The standard InChI is InChI=1S/C55H94O5/c1-4-7-10-13-16-19-22-25-26-27-28-29-30-32-33-36-39-42-45-48-54(56)59-52-53(51-58-50-47-44-41-38-35-24-21-18-15-12-9-6-3)60-55(57)49-46-43-40-37-34-31-23-20-17-14-11-8-5-2/h8,11,16-17,19-20,25-26,28-29,31,34,40,43,53H,4-7,9-10,12-15,18,21-24,27,30,32-33,35-39,41-42,44-52H2,1-3H3/b11-8-,19-16-,20-17-,26-25-,29-28-,34-31-,43-40-. The lowest BCUT2D eigenvalue weighted by Gasteiger charge is -2.18. The molecule has 1 unspecified atom stereocenters. The number of carbonyl (C=O) groups is 2. The fraction of sp³-hybridized carbons (Fsp3) is 0.709. The number of hydrogen-bond acceptors (Lipinski definition) is 5. The Hall–Kier alpha value is -2.92. The normalized spacial score (nSPS) is 12.9. The molecule has 1 atom stereocenters. The molecule has 0 bridgehead atoms. The Labute approximate surface area is 371 Å². The summed E-state index contributed by atoms with van der Waals surface area (Å²) in [5.74, 6) is -0.504. The van der Waals surface area contributed by atoms with Crippen molar-refractivity contribution in [2.45, 2.75) is 232 Å². The summed E-state index contributed by atoms with van der Waals surface area (Å²) in [6.07, 6.45) is 66.0. The Kier molecular flexibility index (Phi) is 48.0. The maximum atomic E-state index is 12.7. The molecular weight excluding hydrogens is 741 g/mol. The number of esters is 2. The number of hydrogen-bond donors (Lipinski definition) is 0. The molecule has 0 fully saturated rings. The van der Waals surface area contributed by atoms with Crippen molar-refractivity contribution in [2.24, 2.45) is 0 Å². The highest BCUT2D eigenvalue weighted by molar-refractivity contribution is 5.70. The van der Waals surface area contributed by atoms with E-state index in [2.05, 4.69) is 99.8 Å². The maximum absolute atomic E-state index is 12.7. The van der Waals surface area contributed by atoms with Crippen LogP contribution < -0.4 is 0 Å². The minimum atomic E-state index is -0.580. The van der Waals surface area contributed by atoms with Crippen LogP contribution in [0.2, 0.25) is 0 Å². The van der Waals surface area contributed by atoms with Gasteiger partial charge in [-0.05, 0) is 83.5 Å². The largest absolute Gasteiger partial charge is 0.462 e. The molecule has 0 aliphatic carbocycles. The summed E-state index contributed by atoms with van der Waals surface area (Å²) in [6, 6.07) is 0. The quantitative estimate of drug-likeness (QED) is 0.0347. The van der Waals surface area contributed by atoms with Crippen LogP contribution in [0.1, 0.15) is 226 Å². The average Bonchev–Trinajstić information content (AvgIpc) is 3.25. The summed E-state index contributed by atoms with van der Waals surface area (Å²) in [5.41, 5.74) is 0. The van der Waals surface area contributed by atoms with Gasteiger partial charge < -0.3 is 14.2 Å². The van der Waals surface area contributed by atoms with Crippen molar-refractivity contribution in [1.82, 2.24) is 0 Å². The van der Waals surface area contributed by atoms with Crippen LogP contribution in [-0.4, -0.2) is 37.9 Å². The Bertz CT molecular complexity index is 1130. The van der Waals surface area contributed by atoms with Gasteiger partial charge in [-0.3, -0.25) is 9.59 Å². The molecule has 0 aromatic rings. The van der Waals surface area contributed by atoms with E-state index >= 15 is 0 Å². The van der Waals surface area contributed by atoms with Crippen molar-refractivity contribution in [1.29, 1.82) is 0 Å². The van der Waals surface area contributed by atoms with E-state index in [1.54, 1.807) is 0 Å². The van der Waals surface area contributed by atoms with E-state index in [1.807, 2.05) is 6.08 Å². The molecule has 5 nitrogen and oxygen atoms in total. The lowest BCUT2D eigenvalue weighted by molar-refractivity contribution is -0.162. The predicted octanol–water partition coefficient (Wildman–Crippen LogP) is 16.9.